The van der Waals surface area contributed by atoms with Crippen molar-refractivity contribution in [1.82, 2.24) is 24.8 Å². The summed E-state index contributed by atoms with van der Waals surface area (Å²) in [6.07, 6.45) is 1.68. The van der Waals surface area contributed by atoms with Gasteiger partial charge < -0.3 is 14.6 Å². The fraction of sp³-hybridized carbons (Fsp3) is 0.476. The highest BCUT2D eigenvalue weighted by Crippen LogP contribution is 2.34. The van der Waals surface area contributed by atoms with Crippen molar-refractivity contribution in [1.29, 1.82) is 0 Å². The van der Waals surface area contributed by atoms with Gasteiger partial charge in [-0.15, -0.1) is 11.3 Å². The lowest BCUT2D eigenvalue weighted by atomic mass is 10.2. The number of aromatic nitrogens is 3. The van der Waals surface area contributed by atoms with E-state index < -0.39 is 0 Å². The molecule has 164 valence electrons. The van der Waals surface area contributed by atoms with E-state index in [9.17, 15) is 4.79 Å². The van der Waals surface area contributed by atoms with Crippen LogP contribution in [0, 0.1) is 0 Å². The Hall–Kier alpha value is -2.04. The zero-order chi connectivity index (χ0) is 21.2. The Kier molecular flexibility index (Phi) is 6.20. The summed E-state index contributed by atoms with van der Waals surface area (Å²) < 4.78 is 6.58. The van der Waals surface area contributed by atoms with Crippen LogP contribution in [0.1, 0.15) is 10.4 Å². The minimum atomic E-state index is 0.00560. The smallest absolute Gasteiger partial charge is 0.252 e. The second kappa shape index (κ2) is 9.22. The van der Waals surface area contributed by atoms with Gasteiger partial charge in [0.25, 0.3) is 5.56 Å². The van der Waals surface area contributed by atoms with Gasteiger partial charge in [0.2, 0.25) is 5.28 Å². The number of nitrogens with one attached hydrogen (secondary N) is 1. The van der Waals surface area contributed by atoms with E-state index >= 15 is 0 Å². The third-order valence-electron chi connectivity index (χ3n) is 5.83. The Morgan fingerprint density at radius 1 is 1.06 bits per heavy atom. The molecular weight excluding hydrogens is 436 g/mol. The summed E-state index contributed by atoms with van der Waals surface area (Å²) in [4.78, 5) is 32.0. The van der Waals surface area contributed by atoms with Crippen LogP contribution in [0.25, 0.3) is 10.2 Å². The number of rotatable bonds is 5. The maximum absolute atomic E-state index is 11.9. The van der Waals surface area contributed by atoms with Crippen LogP contribution < -0.4 is 10.5 Å². The number of pyridine rings is 1. The number of ether oxygens (including phenoxy) is 1. The standard InChI is InChI=1S/C21H25ClN6O2S/c22-21-24-17-12-16(31-18(17)19(25-21)28-8-10-30-11-9-28)14-27-6-4-26(5-7-27)13-15-2-1-3-23-20(15)29/h1-3,12H,4-11,13-14H2,(H,23,29). The average Bonchev–Trinajstić information content (AvgIpc) is 3.18. The molecule has 0 atom stereocenters. The summed E-state index contributed by atoms with van der Waals surface area (Å²) in [5.74, 6) is 0.924. The van der Waals surface area contributed by atoms with Gasteiger partial charge in [0.1, 0.15) is 0 Å². The predicted octanol–water partition coefficient (Wildman–Crippen LogP) is 2.19. The summed E-state index contributed by atoms with van der Waals surface area (Å²) >= 11 is 7.98. The zero-order valence-electron chi connectivity index (χ0n) is 17.2. The minimum Gasteiger partial charge on any atom is -0.378 e. The van der Waals surface area contributed by atoms with Crippen LogP contribution in [0.3, 0.4) is 0 Å². The van der Waals surface area contributed by atoms with Crippen LogP contribution in [0.4, 0.5) is 5.82 Å². The topological polar surface area (TPSA) is 77.6 Å². The fourth-order valence-corrected chi connectivity index (χ4v) is 5.48. The van der Waals surface area contributed by atoms with Crippen molar-refractivity contribution in [2.24, 2.45) is 0 Å². The number of aromatic amines is 1. The van der Waals surface area contributed by atoms with Gasteiger partial charge >= 0.3 is 0 Å². The van der Waals surface area contributed by atoms with Crippen LogP contribution in [-0.2, 0) is 17.8 Å². The first-order chi connectivity index (χ1) is 15.2. The first-order valence-electron chi connectivity index (χ1n) is 10.6. The van der Waals surface area contributed by atoms with Crippen molar-refractivity contribution < 1.29 is 4.74 Å². The number of piperazine rings is 1. The number of thiophene rings is 1. The molecule has 10 heteroatoms. The first-order valence-corrected chi connectivity index (χ1v) is 11.7. The summed E-state index contributed by atoms with van der Waals surface area (Å²) in [6.45, 7) is 8.49. The van der Waals surface area contributed by atoms with Crippen molar-refractivity contribution in [3.63, 3.8) is 0 Å². The molecule has 0 unspecified atom stereocenters. The van der Waals surface area contributed by atoms with Crippen molar-refractivity contribution in [3.8, 4) is 0 Å². The Morgan fingerprint density at radius 2 is 1.81 bits per heavy atom. The molecule has 5 rings (SSSR count). The van der Waals surface area contributed by atoms with Crippen LogP contribution in [0.5, 0.6) is 0 Å². The number of hydrogen-bond acceptors (Lipinski definition) is 8. The van der Waals surface area contributed by atoms with Crippen molar-refractivity contribution in [2.75, 3.05) is 57.4 Å². The van der Waals surface area contributed by atoms with Gasteiger partial charge in [0, 0.05) is 69.0 Å². The van der Waals surface area contributed by atoms with Gasteiger partial charge in [-0.2, -0.15) is 4.98 Å². The molecular formula is C21H25ClN6O2S. The number of anilines is 1. The average molecular weight is 461 g/mol. The van der Waals surface area contributed by atoms with E-state index in [1.165, 1.54) is 4.88 Å². The molecule has 0 amide bonds. The fourth-order valence-electron chi connectivity index (χ4n) is 4.15. The van der Waals surface area contributed by atoms with Gasteiger partial charge in [0.05, 0.1) is 23.4 Å². The van der Waals surface area contributed by atoms with Crippen LogP contribution >= 0.6 is 22.9 Å². The lowest BCUT2D eigenvalue weighted by Gasteiger charge is -2.34. The molecule has 0 saturated carbocycles. The molecule has 0 bridgehead atoms. The zero-order valence-corrected chi connectivity index (χ0v) is 18.8. The third-order valence-corrected chi connectivity index (χ3v) is 7.10. The van der Waals surface area contributed by atoms with E-state index in [1.54, 1.807) is 17.5 Å². The number of hydrogen-bond donors (Lipinski definition) is 1. The van der Waals surface area contributed by atoms with Crippen molar-refractivity contribution in [2.45, 2.75) is 13.1 Å². The highest BCUT2D eigenvalue weighted by molar-refractivity contribution is 7.19. The molecule has 0 radical (unpaired) electrons. The number of morpholine rings is 1. The second-order valence-electron chi connectivity index (χ2n) is 7.92. The molecule has 2 saturated heterocycles. The molecule has 0 aromatic carbocycles. The monoisotopic (exact) mass is 460 g/mol. The summed E-state index contributed by atoms with van der Waals surface area (Å²) in [5.41, 5.74) is 1.75. The lowest BCUT2D eigenvalue weighted by Crippen LogP contribution is -2.45. The molecule has 1 N–H and O–H groups in total. The molecule has 0 aliphatic carbocycles. The van der Waals surface area contributed by atoms with Gasteiger partial charge in [-0.1, -0.05) is 6.07 Å². The van der Waals surface area contributed by atoms with Gasteiger partial charge in [-0.05, 0) is 23.7 Å². The molecule has 2 aliphatic rings. The molecule has 8 nitrogen and oxygen atoms in total. The number of nitrogens with zero attached hydrogens (tertiary/aromatic N) is 5. The summed E-state index contributed by atoms with van der Waals surface area (Å²) in [5, 5.41) is 0.294. The predicted molar refractivity (Wildman–Crippen MR) is 123 cm³/mol. The van der Waals surface area contributed by atoms with Gasteiger partial charge in [-0.25, -0.2) is 4.98 Å². The van der Waals surface area contributed by atoms with Gasteiger partial charge in [-0.3, -0.25) is 14.6 Å². The molecule has 5 heterocycles. The molecule has 0 spiro atoms. The maximum Gasteiger partial charge on any atom is 0.252 e. The molecule has 3 aromatic rings. The van der Waals surface area contributed by atoms with Crippen LogP contribution in [0.2, 0.25) is 5.28 Å². The van der Waals surface area contributed by atoms with Crippen LogP contribution in [-0.4, -0.2) is 77.2 Å². The van der Waals surface area contributed by atoms with E-state index in [0.29, 0.717) is 25.0 Å². The molecule has 31 heavy (non-hydrogen) atoms. The Bertz CT molecular complexity index is 1100. The number of halogens is 1. The van der Waals surface area contributed by atoms with E-state index in [1.807, 2.05) is 12.1 Å². The Morgan fingerprint density at radius 3 is 2.55 bits per heavy atom. The molecule has 2 aliphatic heterocycles. The van der Waals surface area contributed by atoms with Gasteiger partial charge in [0.15, 0.2) is 5.82 Å². The Labute approximate surface area is 189 Å². The minimum absolute atomic E-state index is 0.00560. The molecule has 3 aromatic heterocycles. The van der Waals surface area contributed by atoms with Crippen LogP contribution in [0.15, 0.2) is 29.2 Å². The summed E-state index contributed by atoms with van der Waals surface area (Å²) in [7, 11) is 0. The number of H-pyrrole nitrogens is 1. The number of fused-ring (bicyclic) bond motifs is 1. The normalized spacial score (nSPS) is 18.7. The SMILES string of the molecule is O=c1[nH]cccc1CN1CCN(Cc2cc3nc(Cl)nc(N4CCOCC4)c3s2)CC1. The third kappa shape index (κ3) is 4.75. The second-order valence-corrected chi connectivity index (χ2v) is 9.39. The highest BCUT2D eigenvalue weighted by atomic mass is 35.5. The quantitative estimate of drug-likeness (QED) is 0.585. The van der Waals surface area contributed by atoms with E-state index in [2.05, 4.69) is 35.7 Å². The largest absolute Gasteiger partial charge is 0.378 e. The highest BCUT2D eigenvalue weighted by Gasteiger charge is 2.22. The maximum atomic E-state index is 11.9. The van der Waals surface area contributed by atoms with E-state index in [4.69, 9.17) is 16.3 Å². The first kappa shape index (κ1) is 20.8. The molecule has 2 fully saturated rings. The lowest BCUT2D eigenvalue weighted by molar-refractivity contribution is 0.122. The van der Waals surface area contributed by atoms with Crippen molar-refractivity contribution >= 4 is 39.0 Å². The summed E-state index contributed by atoms with van der Waals surface area (Å²) in [6, 6.07) is 5.93. The van der Waals surface area contributed by atoms with E-state index in [0.717, 1.165) is 67.4 Å². The Balaban J connectivity index is 1.25. The van der Waals surface area contributed by atoms with Crippen molar-refractivity contribution in [3.05, 3.63) is 50.5 Å². The van der Waals surface area contributed by atoms with E-state index in [-0.39, 0.29) is 5.56 Å².